The highest BCUT2D eigenvalue weighted by atomic mass is 16.5. The monoisotopic (exact) mass is 359 g/mol. The summed E-state index contributed by atoms with van der Waals surface area (Å²) in [6.07, 6.45) is 3.41. The lowest BCUT2D eigenvalue weighted by atomic mass is 10.1. The highest BCUT2D eigenvalue weighted by molar-refractivity contribution is 5.89. The molecule has 0 radical (unpaired) electrons. The van der Waals surface area contributed by atoms with Crippen LogP contribution in [0.2, 0.25) is 0 Å². The molecule has 0 aliphatic heterocycles. The predicted molar refractivity (Wildman–Crippen MR) is 98.5 cm³/mol. The van der Waals surface area contributed by atoms with Crippen LogP contribution in [0.15, 0.2) is 53.6 Å². The minimum atomic E-state index is -0.237. The number of nitrogens with zero attached hydrogens (tertiary/aromatic N) is 5. The van der Waals surface area contributed by atoms with Gasteiger partial charge in [0.05, 0.1) is 24.1 Å². The van der Waals surface area contributed by atoms with E-state index in [2.05, 4.69) is 25.5 Å². The summed E-state index contributed by atoms with van der Waals surface area (Å²) in [4.78, 5) is 21.7. The van der Waals surface area contributed by atoms with Gasteiger partial charge in [-0.25, -0.2) is 9.50 Å². The topological polar surface area (TPSA) is 114 Å². The first-order valence-electron chi connectivity index (χ1n) is 8.16. The van der Waals surface area contributed by atoms with Gasteiger partial charge in [0.25, 0.3) is 5.56 Å². The number of pyridine rings is 1. The third-order valence-electron chi connectivity index (χ3n) is 4.36. The largest absolute Gasteiger partial charge is 0.494 e. The van der Waals surface area contributed by atoms with Crippen LogP contribution in [0.3, 0.4) is 0 Å². The number of hydrogen-bond donors (Lipinski definition) is 2. The number of H-pyrrole nitrogens is 2. The highest BCUT2D eigenvalue weighted by Gasteiger charge is 2.17. The van der Waals surface area contributed by atoms with Gasteiger partial charge < -0.3 is 4.74 Å². The predicted octanol–water partition coefficient (Wildman–Crippen LogP) is 2.03. The molecule has 5 rings (SSSR count). The van der Waals surface area contributed by atoms with Gasteiger partial charge in [0, 0.05) is 24.0 Å². The number of hydrogen-bond acceptors (Lipinski definition) is 6. The number of aromatic nitrogens is 7. The van der Waals surface area contributed by atoms with Crippen molar-refractivity contribution in [2.24, 2.45) is 0 Å². The molecule has 27 heavy (non-hydrogen) atoms. The molecule has 9 heteroatoms. The van der Waals surface area contributed by atoms with Gasteiger partial charge in [-0.15, -0.1) is 0 Å². The molecule has 9 nitrogen and oxygen atoms in total. The van der Waals surface area contributed by atoms with Crippen LogP contribution < -0.4 is 10.3 Å². The normalized spacial score (nSPS) is 11.3. The Kier molecular flexibility index (Phi) is 3.26. The first-order valence-corrected chi connectivity index (χ1v) is 8.16. The lowest BCUT2D eigenvalue weighted by Crippen LogP contribution is -2.14. The highest BCUT2D eigenvalue weighted by Crippen LogP contribution is 2.34. The summed E-state index contributed by atoms with van der Waals surface area (Å²) in [7, 11) is 1.55. The molecule has 0 spiro atoms. The summed E-state index contributed by atoms with van der Waals surface area (Å²) in [5, 5.41) is 13.7. The number of benzene rings is 1. The summed E-state index contributed by atoms with van der Waals surface area (Å²) in [5.74, 6) is 0.507. The van der Waals surface area contributed by atoms with Crippen molar-refractivity contribution >= 4 is 16.7 Å². The SMILES string of the molecule is COc1c(-c2cc(=O)n3[nH]cc(-c4ccccn4)c3n2)ccc2n[nH]nc12. The van der Waals surface area contributed by atoms with E-state index in [4.69, 9.17) is 9.72 Å². The lowest BCUT2D eigenvalue weighted by molar-refractivity contribution is 0.420. The van der Waals surface area contributed by atoms with E-state index >= 15 is 0 Å². The maximum absolute atomic E-state index is 12.6. The molecule has 2 N–H and O–H groups in total. The van der Waals surface area contributed by atoms with Gasteiger partial charge in [0.2, 0.25) is 0 Å². The molecule has 0 unspecified atom stereocenters. The molecular formula is C18H13N7O2. The van der Waals surface area contributed by atoms with Crippen molar-refractivity contribution in [3.8, 4) is 28.3 Å². The molecule has 4 heterocycles. The zero-order valence-electron chi connectivity index (χ0n) is 14.2. The molecule has 0 amide bonds. The molecule has 4 aromatic heterocycles. The molecule has 132 valence electrons. The third-order valence-corrected chi connectivity index (χ3v) is 4.36. The fourth-order valence-corrected chi connectivity index (χ4v) is 3.13. The molecule has 0 fully saturated rings. The minimum Gasteiger partial charge on any atom is -0.494 e. The van der Waals surface area contributed by atoms with E-state index in [9.17, 15) is 4.79 Å². The number of aromatic amines is 2. The van der Waals surface area contributed by atoms with Crippen LogP contribution in [0.25, 0.3) is 39.2 Å². The summed E-state index contributed by atoms with van der Waals surface area (Å²) in [5.41, 5.74) is 4.10. The van der Waals surface area contributed by atoms with E-state index in [1.807, 2.05) is 24.3 Å². The number of ether oxygens (including phenoxy) is 1. The van der Waals surface area contributed by atoms with Crippen molar-refractivity contribution < 1.29 is 4.74 Å². The van der Waals surface area contributed by atoms with Crippen molar-refractivity contribution in [1.82, 2.24) is 35.0 Å². The van der Waals surface area contributed by atoms with Gasteiger partial charge >= 0.3 is 0 Å². The Bertz CT molecular complexity index is 1330. The molecule has 0 aliphatic rings. The Labute approximate surface area is 151 Å². The first-order chi connectivity index (χ1) is 13.3. The van der Waals surface area contributed by atoms with Crippen LogP contribution in [-0.4, -0.2) is 42.1 Å². The van der Waals surface area contributed by atoms with Crippen LogP contribution in [0.4, 0.5) is 0 Å². The van der Waals surface area contributed by atoms with Gasteiger partial charge in [0.15, 0.2) is 16.9 Å². The molecule has 0 atom stereocenters. The lowest BCUT2D eigenvalue weighted by Gasteiger charge is -2.08. The van der Waals surface area contributed by atoms with Crippen molar-refractivity contribution in [2.75, 3.05) is 7.11 Å². The van der Waals surface area contributed by atoms with Crippen LogP contribution in [0.5, 0.6) is 5.75 Å². The third kappa shape index (κ3) is 2.29. The van der Waals surface area contributed by atoms with E-state index in [1.54, 1.807) is 25.6 Å². The van der Waals surface area contributed by atoms with Gasteiger partial charge in [-0.05, 0) is 24.3 Å². The fraction of sp³-hybridized carbons (Fsp3) is 0.0556. The van der Waals surface area contributed by atoms with Gasteiger partial charge in [-0.3, -0.25) is 14.9 Å². The molecular weight excluding hydrogens is 346 g/mol. The van der Waals surface area contributed by atoms with Gasteiger partial charge in [0.1, 0.15) is 5.52 Å². The van der Waals surface area contributed by atoms with E-state index < -0.39 is 0 Å². The maximum Gasteiger partial charge on any atom is 0.273 e. The van der Waals surface area contributed by atoms with E-state index in [-0.39, 0.29) is 5.56 Å². The first kappa shape index (κ1) is 15.3. The Morgan fingerprint density at radius 2 is 2.00 bits per heavy atom. The quantitative estimate of drug-likeness (QED) is 0.509. The van der Waals surface area contributed by atoms with E-state index in [1.165, 1.54) is 10.6 Å². The Morgan fingerprint density at radius 1 is 1.07 bits per heavy atom. The van der Waals surface area contributed by atoms with Crippen LogP contribution in [0.1, 0.15) is 0 Å². The summed E-state index contributed by atoms with van der Waals surface area (Å²) in [6.45, 7) is 0. The van der Waals surface area contributed by atoms with E-state index in [0.29, 0.717) is 33.7 Å². The van der Waals surface area contributed by atoms with E-state index in [0.717, 1.165) is 11.3 Å². The second kappa shape index (κ2) is 5.77. The molecule has 1 aromatic carbocycles. The zero-order valence-corrected chi connectivity index (χ0v) is 14.2. The van der Waals surface area contributed by atoms with Crippen molar-refractivity contribution in [3.05, 3.63) is 59.1 Å². The molecule has 0 bridgehead atoms. The Hall–Kier alpha value is -4.01. The number of nitrogens with one attached hydrogen (secondary N) is 2. The molecule has 0 saturated carbocycles. The van der Waals surface area contributed by atoms with Crippen LogP contribution >= 0.6 is 0 Å². The summed E-state index contributed by atoms with van der Waals surface area (Å²) < 4.78 is 6.91. The smallest absolute Gasteiger partial charge is 0.273 e. The Balaban J connectivity index is 1.79. The second-order valence-corrected chi connectivity index (χ2v) is 5.88. The number of methoxy groups -OCH3 is 1. The van der Waals surface area contributed by atoms with Crippen LogP contribution in [0, 0.1) is 0 Å². The molecule has 5 aromatic rings. The van der Waals surface area contributed by atoms with Gasteiger partial charge in [-0.1, -0.05) is 6.07 Å². The van der Waals surface area contributed by atoms with Crippen molar-refractivity contribution in [3.63, 3.8) is 0 Å². The fourth-order valence-electron chi connectivity index (χ4n) is 3.13. The average Bonchev–Trinajstić information content (AvgIpc) is 3.34. The molecule has 0 aliphatic carbocycles. The zero-order chi connectivity index (χ0) is 18.4. The summed E-state index contributed by atoms with van der Waals surface area (Å²) in [6, 6.07) is 10.7. The number of fused-ring (bicyclic) bond motifs is 2. The number of rotatable bonds is 3. The maximum atomic E-state index is 12.6. The Morgan fingerprint density at radius 3 is 2.81 bits per heavy atom. The average molecular weight is 359 g/mol. The van der Waals surface area contributed by atoms with Crippen molar-refractivity contribution in [2.45, 2.75) is 0 Å². The van der Waals surface area contributed by atoms with Crippen LogP contribution in [-0.2, 0) is 0 Å². The second-order valence-electron chi connectivity index (χ2n) is 5.88. The van der Waals surface area contributed by atoms with Gasteiger partial charge in [-0.2, -0.15) is 15.4 Å². The summed E-state index contributed by atoms with van der Waals surface area (Å²) >= 11 is 0. The van der Waals surface area contributed by atoms with Crippen molar-refractivity contribution in [1.29, 1.82) is 0 Å². The standard InChI is InChI=1S/C18H13N7O2/c1-27-17-10(5-6-13-16(17)23-24-22-13)14-8-15(26)25-18(21-14)11(9-20-25)12-4-2-3-7-19-12/h2-9,20H,1H3,(H,22,23,24). The minimum absolute atomic E-state index is 0.237. The molecule has 0 saturated heterocycles.